The lowest BCUT2D eigenvalue weighted by molar-refractivity contribution is 0.128. The summed E-state index contributed by atoms with van der Waals surface area (Å²) in [4.78, 5) is 0. The molecule has 106 valence electrons. The van der Waals surface area contributed by atoms with Gasteiger partial charge in [-0.15, -0.1) is 0 Å². The topological polar surface area (TPSA) is 38.7 Å². The smallest absolute Gasteiger partial charge is 0.125 e. The zero-order valence-electron chi connectivity index (χ0n) is 11.7. The maximum atomic E-state index is 10.4. The molecule has 1 unspecified atom stereocenters. The lowest BCUT2D eigenvalue weighted by atomic mass is 9.95. The molecule has 0 bridgehead atoms. The minimum absolute atomic E-state index is 0.415. The van der Waals surface area contributed by atoms with E-state index in [4.69, 9.17) is 9.47 Å². The largest absolute Gasteiger partial charge is 0.491 e. The van der Waals surface area contributed by atoms with Gasteiger partial charge in [-0.3, -0.25) is 0 Å². The Balaban J connectivity index is 1.96. The highest BCUT2D eigenvalue weighted by atomic mass is 16.5. The van der Waals surface area contributed by atoms with Crippen LogP contribution >= 0.6 is 0 Å². The lowest BCUT2D eigenvalue weighted by Crippen LogP contribution is -2.09. The SMILES string of the molecule is COCCOc1ccccc1C(O)CC1CCCC1. The molecule has 1 saturated carbocycles. The highest BCUT2D eigenvalue weighted by Gasteiger charge is 2.21. The van der Waals surface area contributed by atoms with Gasteiger partial charge in [0.25, 0.3) is 0 Å². The van der Waals surface area contributed by atoms with Gasteiger partial charge in [0.2, 0.25) is 0 Å². The number of aliphatic hydroxyl groups excluding tert-OH is 1. The predicted octanol–water partition coefficient (Wildman–Crippen LogP) is 3.33. The van der Waals surface area contributed by atoms with Crippen LogP contribution in [0.1, 0.15) is 43.8 Å². The average molecular weight is 264 g/mol. The lowest BCUT2D eigenvalue weighted by Gasteiger charge is -2.19. The summed E-state index contributed by atoms with van der Waals surface area (Å²) in [5, 5.41) is 10.4. The summed E-state index contributed by atoms with van der Waals surface area (Å²) in [7, 11) is 1.66. The van der Waals surface area contributed by atoms with Crippen molar-refractivity contribution in [2.75, 3.05) is 20.3 Å². The van der Waals surface area contributed by atoms with Crippen molar-refractivity contribution in [3.63, 3.8) is 0 Å². The van der Waals surface area contributed by atoms with Gasteiger partial charge in [0.15, 0.2) is 0 Å². The third kappa shape index (κ3) is 4.22. The minimum Gasteiger partial charge on any atom is -0.491 e. The minimum atomic E-state index is -0.415. The Kier molecular flexibility index (Phi) is 5.67. The molecule has 1 N–H and O–H groups in total. The van der Waals surface area contributed by atoms with Crippen LogP contribution in [-0.4, -0.2) is 25.4 Å². The molecule has 1 aromatic carbocycles. The molecule has 1 fully saturated rings. The number of rotatable bonds is 7. The van der Waals surface area contributed by atoms with Crippen molar-refractivity contribution in [3.8, 4) is 5.75 Å². The molecule has 0 aromatic heterocycles. The van der Waals surface area contributed by atoms with Crippen LogP contribution < -0.4 is 4.74 Å². The van der Waals surface area contributed by atoms with Gasteiger partial charge < -0.3 is 14.6 Å². The average Bonchev–Trinajstić information content (AvgIpc) is 2.92. The number of hydrogen-bond acceptors (Lipinski definition) is 3. The first kappa shape index (κ1) is 14.4. The highest BCUT2D eigenvalue weighted by Crippen LogP contribution is 2.35. The zero-order valence-corrected chi connectivity index (χ0v) is 11.7. The third-order valence-electron chi connectivity index (χ3n) is 3.85. The van der Waals surface area contributed by atoms with E-state index in [2.05, 4.69) is 0 Å². The monoisotopic (exact) mass is 264 g/mol. The molecule has 1 aromatic rings. The summed E-state index contributed by atoms with van der Waals surface area (Å²) >= 11 is 0. The molecule has 1 aliphatic rings. The van der Waals surface area contributed by atoms with Crippen LogP contribution in [0.3, 0.4) is 0 Å². The highest BCUT2D eigenvalue weighted by molar-refractivity contribution is 5.35. The van der Waals surface area contributed by atoms with Crippen LogP contribution in [0.4, 0.5) is 0 Å². The Morgan fingerprint density at radius 2 is 1.95 bits per heavy atom. The second-order valence-corrected chi connectivity index (χ2v) is 5.28. The molecule has 0 spiro atoms. The van der Waals surface area contributed by atoms with Crippen LogP contribution in [0.5, 0.6) is 5.75 Å². The number of benzene rings is 1. The van der Waals surface area contributed by atoms with Gasteiger partial charge in [-0.25, -0.2) is 0 Å². The number of ether oxygens (including phenoxy) is 2. The van der Waals surface area contributed by atoms with Crippen molar-refractivity contribution in [1.29, 1.82) is 0 Å². The van der Waals surface area contributed by atoms with E-state index in [9.17, 15) is 5.11 Å². The van der Waals surface area contributed by atoms with E-state index in [1.807, 2.05) is 24.3 Å². The Bertz CT molecular complexity index is 372. The predicted molar refractivity (Wildman–Crippen MR) is 75.3 cm³/mol. The van der Waals surface area contributed by atoms with E-state index >= 15 is 0 Å². The molecule has 19 heavy (non-hydrogen) atoms. The number of aliphatic hydroxyl groups is 1. The number of methoxy groups -OCH3 is 1. The summed E-state index contributed by atoms with van der Waals surface area (Å²) in [5.74, 6) is 1.45. The maximum absolute atomic E-state index is 10.4. The van der Waals surface area contributed by atoms with Gasteiger partial charge in [-0.2, -0.15) is 0 Å². The van der Waals surface area contributed by atoms with Gasteiger partial charge in [0, 0.05) is 12.7 Å². The van der Waals surface area contributed by atoms with Crippen LogP contribution in [0.2, 0.25) is 0 Å². The Morgan fingerprint density at radius 3 is 2.68 bits per heavy atom. The Morgan fingerprint density at radius 1 is 1.21 bits per heavy atom. The first-order valence-corrected chi connectivity index (χ1v) is 7.20. The maximum Gasteiger partial charge on any atom is 0.125 e. The van der Waals surface area contributed by atoms with Gasteiger partial charge in [0.1, 0.15) is 12.4 Å². The normalized spacial score (nSPS) is 17.6. The van der Waals surface area contributed by atoms with Crippen molar-refractivity contribution in [1.82, 2.24) is 0 Å². The van der Waals surface area contributed by atoms with E-state index < -0.39 is 6.10 Å². The van der Waals surface area contributed by atoms with Crippen LogP contribution in [-0.2, 0) is 4.74 Å². The third-order valence-corrected chi connectivity index (χ3v) is 3.85. The molecule has 2 rings (SSSR count). The van der Waals surface area contributed by atoms with Crippen LogP contribution in [0, 0.1) is 5.92 Å². The van der Waals surface area contributed by atoms with Gasteiger partial charge in [-0.1, -0.05) is 43.9 Å². The molecular weight excluding hydrogens is 240 g/mol. The summed E-state index contributed by atoms with van der Waals surface area (Å²) in [5.41, 5.74) is 0.908. The second kappa shape index (κ2) is 7.51. The molecule has 0 aliphatic heterocycles. The molecule has 0 radical (unpaired) electrons. The number of para-hydroxylation sites is 1. The zero-order chi connectivity index (χ0) is 13.5. The van der Waals surface area contributed by atoms with E-state index in [-0.39, 0.29) is 0 Å². The standard InChI is InChI=1S/C16H24O3/c1-18-10-11-19-16-9-5-4-8-14(16)15(17)12-13-6-2-3-7-13/h4-5,8-9,13,15,17H,2-3,6-7,10-12H2,1H3. The summed E-state index contributed by atoms with van der Waals surface area (Å²) in [6.45, 7) is 1.08. The molecule has 3 nitrogen and oxygen atoms in total. The van der Waals surface area contributed by atoms with E-state index in [1.165, 1.54) is 25.7 Å². The second-order valence-electron chi connectivity index (χ2n) is 5.28. The van der Waals surface area contributed by atoms with Gasteiger partial charge >= 0.3 is 0 Å². The molecule has 0 saturated heterocycles. The number of hydrogen-bond donors (Lipinski definition) is 1. The molecule has 0 heterocycles. The fourth-order valence-electron chi connectivity index (χ4n) is 2.81. The summed E-state index contributed by atoms with van der Waals surface area (Å²) in [6, 6.07) is 7.77. The molecule has 1 aliphatic carbocycles. The van der Waals surface area contributed by atoms with Crippen LogP contribution in [0.25, 0.3) is 0 Å². The van der Waals surface area contributed by atoms with Crippen molar-refractivity contribution < 1.29 is 14.6 Å². The van der Waals surface area contributed by atoms with Gasteiger partial charge in [0.05, 0.1) is 12.7 Å². The van der Waals surface area contributed by atoms with Crippen molar-refractivity contribution >= 4 is 0 Å². The first-order valence-electron chi connectivity index (χ1n) is 7.20. The van der Waals surface area contributed by atoms with Crippen molar-refractivity contribution in [3.05, 3.63) is 29.8 Å². The fraction of sp³-hybridized carbons (Fsp3) is 0.625. The Hall–Kier alpha value is -1.06. The quantitative estimate of drug-likeness (QED) is 0.768. The van der Waals surface area contributed by atoms with Crippen LogP contribution in [0.15, 0.2) is 24.3 Å². The molecule has 3 heteroatoms. The van der Waals surface area contributed by atoms with Crippen molar-refractivity contribution in [2.45, 2.75) is 38.2 Å². The first-order chi connectivity index (χ1) is 9.31. The summed E-state index contributed by atoms with van der Waals surface area (Å²) < 4.78 is 10.7. The Labute approximate surface area is 115 Å². The van der Waals surface area contributed by atoms with Crippen molar-refractivity contribution in [2.24, 2.45) is 5.92 Å². The van der Waals surface area contributed by atoms with Gasteiger partial charge in [-0.05, 0) is 18.4 Å². The fourth-order valence-corrected chi connectivity index (χ4v) is 2.81. The summed E-state index contributed by atoms with van der Waals surface area (Å²) in [6.07, 6.45) is 5.56. The van der Waals surface area contributed by atoms with E-state index in [0.717, 1.165) is 17.7 Å². The molecule has 0 amide bonds. The molecular formula is C16H24O3. The van der Waals surface area contributed by atoms with E-state index in [0.29, 0.717) is 19.1 Å². The van der Waals surface area contributed by atoms with E-state index in [1.54, 1.807) is 7.11 Å². The molecule has 1 atom stereocenters.